The van der Waals surface area contributed by atoms with Gasteiger partial charge in [0.15, 0.2) is 0 Å². The summed E-state index contributed by atoms with van der Waals surface area (Å²) in [6.07, 6.45) is 2.03. The lowest BCUT2D eigenvalue weighted by molar-refractivity contribution is 0.0926. The van der Waals surface area contributed by atoms with Crippen molar-refractivity contribution in [1.29, 1.82) is 0 Å². The van der Waals surface area contributed by atoms with Crippen molar-refractivity contribution in [1.82, 2.24) is 4.31 Å². The highest BCUT2D eigenvalue weighted by Crippen LogP contribution is 2.21. The smallest absolute Gasteiger partial charge is 0.216 e. The highest BCUT2D eigenvalue weighted by atomic mass is 32.2. The molecule has 4 nitrogen and oxygen atoms in total. The Morgan fingerprint density at radius 3 is 2.84 bits per heavy atom. The van der Waals surface area contributed by atoms with Crippen molar-refractivity contribution in [2.45, 2.75) is 44.6 Å². The topological polar surface area (TPSA) is 46.6 Å². The fourth-order valence-electron chi connectivity index (χ4n) is 2.15. The van der Waals surface area contributed by atoms with E-state index < -0.39 is 15.3 Å². The molecule has 1 atom stereocenters. The molecule has 1 aromatic rings. The van der Waals surface area contributed by atoms with E-state index in [-0.39, 0.29) is 6.10 Å². The van der Waals surface area contributed by atoms with Crippen LogP contribution in [0.5, 0.6) is 0 Å². The van der Waals surface area contributed by atoms with Crippen LogP contribution in [-0.2, 0) is 21.3 Å². The van der Waals surface area contributed by atoms with E-state index in [0.29, 0.717) is 13.1 Å². The molecule has 0 N–H and O–H groups in total. The second kappa shape index (κ2) is 6.35. The summed E-state index contributed by atoms with van der Waals surface area (Å²) in [5.74, 6) is 0. The Morgan fingerprint density at radius 2 is 2.32 bits per heavy atom. The molecule has 1 saturated heterocycles. The van der Waals surface area contributed by atoms with E-state index >= 15 is 0 Å². The molecule has 1 aliphatic heterocycles. The van der Waals surface area contributed by atoms with Crippen LogP contribution in [0.4, 0.5) is 0 Å². The monoisotopic (exact) mass is 303 g/mol. The van der Waals surface area contributed by atoms with E-state index in [2.05, 4.69) is 0 Å². The number of hydrogen-bond donors (Lipinski definition) is 0. The van der Waals surface area contributed by atoms with Crippen LogP contribution in [0, 0.1) is 0 Å². The maximum atomic E-state index is 12.4. The van der Waals surface area contributed by atoms with Gasteiger partial charge in [0.25, 0.3) is 0 Å². The van der Waals surface area contributed by atoms with E-state index in [4.69, 9.17) is 4.74 Å². The summed E-state index contributed by atoms with van der Waals surface area (Å²) in [6, 6.07) is 3.93. The molecule has 0 aliphatic carbocycles. The van der Waals surface area contributed by atoms with Crippen LogP contribution in [0.15, 0.2) is 17.5 Å². The maximum Gasteiger partial charge on any atom is 0.216 e. The van der Waals surface area contributed by atoms with Gasteiger partial charge in [0.2, 0.25) is 10.0 Å². The lowest BCUT2D eigenvalue weighted by Gasteiger charge is -2.26. The zero-order chi connectivity index (χ0) is 13.9. The maximum absolute atomic E-state index is 12.4. The fourth-order valence-corrected chi connectivity index (χ4v) is 4.24. The molecule has 1 unspecified atom stereocenters. The Labute approximate surface area is 119 Å². The van der Waals surface area contributed by atoms with Crippen molar-refractivity contribution >= 4 is 21.4 Å². The third kappa shape index (κ3) is 3.78. The normalized spacial score (nSPS) is 20.5. The van der Waals surface area contributed by atoms with Crippen molar-refractivity contribution in [3.8, 4) is 0 Å². The van der Waals surface area contributed by atoms with Gasteiger partial charge in [-0.3, -0.25) is 0 Å². The van der Waals surface area contributed by atoms with Gasteiger partial charge in [0.1, 0.15) is 0 Å². The molecule has 2 heterocycles. The predicted molar refractivity (Wildman–Crippen MR) is 77.8 cm³/mol. The lowest BCUT2D eigenvalue weighted by atomic mass is 10.2. The molecule has 1 aromatic heterocycles. The Balaban J connectivity index is 2.12. The minimum atomic E-state index is -3.24. The summed E-state index contributed by atoms with van der Waals surface area (Å²) < 4.78 is 32.0. The van der Waals surface area contributed by atoms with E-state index in [0.717, 1.165) is 24.3 Å². The number of thiophene rings is 1. The lowest BCUT2D eigenvalue weighted by Crippen LogP contribution is -2.40. The predicted octanol–water partition coefficient (Wildman–Crippen LogP) is 2.47. The molecule has 0 amide bonds. The van der Waals surface area contributed by atoms with Gasteiger partial charge >= 0.3 is 0 Å². The second-order valence-electron chi connectivity index (χ2n) is 5.10. The van der Waals surface area contributed by atoms with Gasteiger partial charge < -0.3 is 4.74 Å². The van der Waals surface area contributed by atoms with Gasteiger partial charge in [-0.2, -0.15) is 4.31 Å². The van der Waals surface area contributed by atoms with E-state index in [9.17, 15) is 8.42 Å². The average Bonchev–Trinajstić information content (AvgIpc) is 3.00. The quantitative estimate of drug-likeness (QED) is 0.811. The number of rotatable bonds is 6. The third-order valence-corrected chi connectivity index (χ3v) is 6.35. The van der Waals surface area contributed by atoms with Gasteiger partial charge in [-0.25, -0.2) is 8.42 Å². The molecular formula is C13H21NO3S2. The Morgan fingerprint density at radius 1 is 1.53 bits per heavy atom. The number of nitrogens with zero attached hydrogens (tertiary/aromatic N) is 1. The van der Waals surface area contributed by atoms with Gasteiger partial charge in [0, 0.05) is 24.6 Å². The first-order valence-corrected chi connectivity index (χ1v) is 9.01. The molecular weight excluding hydrogens is 282 g/mol. The minimum Gasteiger partial charge on any atom is -0.377 e. The zero-order valence-corrected chi connectivity index (χ0v) is 13.0. The van der Waals surface area contributed by atoms with Crippen LogP contribution in [0.1, 0.15) is 31.6 Å². The van der Waals surface area contributed by atoms with E-state index in [1.54, 1.807) is 29.5 Å². The largest absolute Gasteiger partial charge is 0.377 e. The van der Waals surface area contributed by atoms with Gasteiger partial charge in [0.05, 0.1) is 11.4 Å². The molecule has 2 rings (SSSR count). The van der Waals surface area contributed by atoms with Gasteiger partial charge in [-0.1, -0.05) is 6.07 Å². The van der Waals surface area contributed by atoms with Crippen molar-refractivity contribution in [3.05, 3.63) is 22.4 Å². The van der Waals surface area contributed by atoms with E-state index in [1.807, 2.05) is 17.5 Å². The second-order valence-corrected chi connectivity index (χ2v) is 8.62. The summed E-state index contributed by atoms with van der Waals surface area (Å²) in [5, 5.41) is 1.58. The summed E-state index contributed by atoms with van der Waals surface area (Å²) >= 11 is 1.59. The molecule has 1 aliphatic rings. The molecule has 0 bridgehead atoms. The van der Waals surface area contributed by atoms with Crippen molar-refractivity contribution in [2.75, 3.05) is 13.2 Å². The Kier molecular flexibility index (Phi) is 5.00. The average molecular weight is 303 g/mol. The Bertz CT molecular complexity index is 476. The number of ether oxygens (including phenoxy) is 1. The first kappa shape index (κ1) is 15.0. The number of sulfonamides is 1. The molecule has 0 aromatic carbocycles. The van der Waals surface area contributed by atoms with Gasteiger partial charge in [-0.15, -0.1) is 11.3 Å². The molecule has 6 heteroatoms. The van der Waals surface area contributed by atoms with Crippen LogP contribution in [0.3, 0.4) is 0 Å². The minimum absolute atomic E-state index is 0.0495. The van der Waals surface area contributed by atoms with Crippen LogP contribution in [0.2, 0.25) is 0 Å². The first-order chi connectivity index (χ1) is 9.00. The molecule has 1 fully saturated rings. The fraction of sp³-hybridized carbons (Fsp3) is 0.692. The van der Waals surface area contributed by atoms with Crippen LogP contribution < -0.4 is 0 Å². The van der Waals surface area contributed by atoms with Crippen LogP contribution in [0.25, 0.3) is 0 Å². The molecule has 19 heavy (non-hydrogen) atoms. The summed E-state index contributed by atoms with van der Waals surface area (Å²) in [5.41, 5.74) is 0. The first-order valence-electron chi connectivity index (χ1n) is 6.63. The zero-order valence-electron chi connectivity index (χ0n) is 11.4. The number of hydrogen-bond acceptors (Lipinski definition) is 4. The summed E-state index contributed by atoms with van der Waals surface area (Å²) in [7, 11) is -3.24. The standard InChI is InChI=1S/C13H21NO3S2/c1-11(2)19(15,16)14(9-12-5-3-7-17-12)10-13-6-4-8-18-13/h4,6,8,11-12H,3,5,7,9-10H2,1-2H3. The summed E-state index contributed by atoms with van der Waals surface area (Å²) in [4.78, 5) is 1.07. The highest BCUT2D eigenvalue weighted by molar-refractivity contribution is 7.89. The molecule has 0 radical (unpaired) electrons. The van der Waals surface area contributed by atoms with Crippen molar-refractivity contribution < 1.29 is 13.2 Å². The molecule has 108 valence electrons. The van der Waals surface area contributed by atoms with Crippen LogP contribution in [-0.4, -0.2) is 37.2 Å². The van der Waals surface area contributed by atoms with Crippen molar-refractivity contribution in [3.63, 3.8) is 0 Å². The summed E-state index contributed by atoms with van der Waals surface area (Å²) in [6.45, 7) is 5.13. The third-order valence-electron chi connectivity index (χ3n) is 3.30. The SMILES string of the molecule is CC(C)S(=O)(=O)N(Cc1cccs1)CC1CCCO1. The van der Waals surface area contributed by atoms with E-state index in [1.165, 1.54) is 0 Å². The molecule has 0 saturated carbocycles. The molecule has 0 spiro atoms. The van der Waals surface area contributed by atoms with Crippen LogP contribution >= 0.6 is 11.3 Å². The Hall–Kier alpha value is -0.430. The highest BCUT2D eigenvalue weighted by Gasteiger charge is 2.30. The van der Waals surface area contributed by atoms with Gasteiger partial charge in [-0.05, 0) is 38.1 Å². The van der Waals surface area contributed by atoms with Crippen molar-refractivity contribution in [2.24, 2.45) is 0 Å².